The average molecular weight is 413 g/mol. The van der Waals surface area contributed by atoms with Gasteiger partial charge in [0.25, 0.3) is 11.8 Å². The lowest BCUT2D eigenvalue weighted by Crippen LogP contribution is -2.55. The van der Waals surface area contributed by atoms with Crippen LogP contribution in [0.1, 0.15) is 38.1 Å². The fourth-order valence-corrected chi connectivity index (χ4v) is 2.51. The van der Waals surface area contributed by atoms with Crippen molar-refractivity contribution in [2.24, 2.45) is 0 Å². The van der Waals surface area contributed by atoms with Crippen LogP contribution in [0.5, 0.6) is 17.2 Å². The van der Waals surface area contributed by atoms with Gasteiger partial charge in [-0.05, 0) is 52.0 Å². The van der Waals surface area contributed by atoms with Gasteiger partial charge in [-0.15, -0.1) is 0 Å². The molecule has 156 valence electrons. The lowest BCUT2D eigenvalue weighted by atomic mass is 10.1. The van der Waals surface area contributed by atoms with Crippen molar-refractivity contribution in [3.63, 3.8) is 0 Å². The molecule has 0 saturated heterocycles. The van der Waals surface area contributed by atoms with E-state index in [9.17, 15) is 9.59 Å². The maximum absolute atomic E-state index is 12.5. The van der Waals surface area contributed by atoms with Crippen molar-refractivity contribution >= 4 is 29.1 Å². The number of thiocarbonyl (C=S) groups is 1. The molecule has 9 nitrogen and oxygen atoms in total. The quantitative estimate of drug-likeness (QED) is 0.407. The van der Waals surface area contributed by atoms with Crippen molar-refractivity contribution in [2.75, 3.05) is 21.3 Å². The Morgan fingerprint density at radius 1 is 1.00 bits per heavy atom. The van der Waals surface area contributed by atoms with E-state index in [0.29, 0.717) is 17.2 Å². The third kappa shape index (κ3) is 6.76. The lowest BCUT2D eigenvalue weighted by Gasteiger charge is -2.23. The monoisotopic (exact) mass is 412 g/mol. The number of methoxy groups -OCH3 is 3. The zero-order valence-corrected chi connectivity index (χ0v) is 18.0. The van der Waals surface area contributed by atoms with Crippen molar-refractivity contribution in [2.45, 2.75) is 39.3 Å². The Bertz CT molecular complexity index is 708. The molecule has 0 aliphatic rings. The summed E-state index contributed by atoms with van der Waals surface area (Å²) in [4.78, 5) is 24.7. The number of rotatable bonds is 6. The highest BCUT2D eigenvalue weighted by molar-refractivity contribution is 7.80. The molecule has 4 N–H and O–H groups in total. The van der Waals surface area contributed by atoms with Crippen LogP contribution in [-0.4, -0.2) is 49.8 Å². The van der Waals surface area contributed by atoms with Crippen molar-refractivity contribution in [1.29, 1.82) is 0 Å². The molecule has 28 heavy (non-hydrogen) atoms. The molecule has 0 fully saturated rings. The topological polar surface area (TPSA) is 110 Å². The Balaban J connectivity index is 2.76. The van der Waals surface area contributed by atoms with Crippen LogP contribution in [0, 0.1) is 0 Å². The van der Waals surface area contributed by atoms with Crippen LogP contribution in [0.4, 0.5) is 0 Å². The number of nitrogens with one attached hydrogen (secondary N) is 4. The molecule has 2 amide bonds. The van der Waals surface area contributed by atoms with E-state index in [0.717, 1.165) is 0 Å². The summed E-state index contributed by atoms with van der Waals surface area (Å²) in [6.45, 7) is 7.35. The molecule has 1 aromatic rings. The van der Waals surface area contributed by atoms with Gasteiger partial charge in [0, 0.05) is 11.1 Å². The predicted molar refractivity (Wildman–Crippen MR) is 110 cm³/mol. The molecule has 0 aliphatic carbocycles. The van der Waals surface area contributed by atoms with Crippen molar-refractivity contribution in [3.8, 4) is 17.2 Å². The van der Waals surface area contributed by atoms with E-state index in [4.69, 9.17) is 26.4 Å². The fraction of sp³-hybridized carbons (Fsp3) is 0.500. The largest absolute Gasteiger partial charge is 0.493 e. The summed E-state index contributed by atoms with van der Waals surface area (Å²) < 4.78 is 15.7. The first-order chi connectivity index (χ1) is 13.0. The van der Waals surface area contributed by atoms with Gasteiger partial charge in [0.2, 0.25) is 5.75 Å². The minimum Gasteiger partial charge on any atom is -0.493 e. The number of hydrazine groups is 1. The van der Waals surface area contributed by atoms with Gasteiger partial charge in [-0.2, -0.15) is 0 Å². The molecule has 0 bridgehead atoms. The molecule has 10 heteroatoms. The van der Waals surface area contributed by atoms with E-state index in [1.165, 1.54) is 33.5 Å². The molecule has 0 aliphatic heterocycles. The molecule has 0 unspecified atom stereocenters. The van der Waals surface area contributed by atoms with Crippen molar-refractivity contribution in [1.82, 2.24) is 21.5 Å². The van der Waals surface area contributed by atoms with Crippen molar-refractivity contribution in [3.05, 3.63) is 17.7 Å². The summed E-state index contributed by atoms with van der Waals surface area (Å²) in [5.74, 6) is 0.112. The van der Waals surface area contributed by atoms with Gasteiger partial charge in [-0.25, -0.2) is 0 Å². The highest BCUT2D eigenvalue weighted by Gasteiger charge is 2.21. The number of ether oxygens (including phenoxy) is 3. The van der Waals surface area contributed by atoms with Gasteiger partial charge in [0.15, 0.2) is 16.6 Å². The third-order valence-corrected chi connectivity index (χ3v) is 3.66. The second-order valence-electron chi connectivity index (χ2n) is 6.93. The third-order valence-electron chi connectivity index (χ3n) is 3.46. The summed E-state index contributed by atoms with van der Waals surface area (Å²) in [6.07, 6.45) is 0. The molecule has 1 aromatic carbocycles. The first-order valence-corrected chi connectivity index (χ1v) is 8.92. The van der Waals surface area contributed by atoms with Crippen LogP contribution in [0.2, 0.25) is 0 Å². The Hall–Kier alpha value is -2.75. The van der Waals surface area contributed by atoms with Crippen LogP contribution in [0.25, 0.3) is 0 Å². The molecule has 0 spiro atoms. The normalized spacial score (nSPS) is 11.7. The second-order valence-corrected chi connectivity index (χ2v) is 7.34. The van der Waals surface area contributed by atoms with Gasteiger partial charge in [0.05, 0.1) is 21.3 Å². The first-order valence-electron chi connectivity index (χ1n) is 8.51. The molecule has 0 aromatic heterocycles. The van der Waals surface area contributed by atoms with Gasteiger partial charge >= 0.3 is 0 Å². The van der Waals surface area contributed by atoms with Gasteiger partial charge in [-0.3, -0.25) is 20.4 Å². The minimum atomic E-state index is -0.823. The number of carbonyl (C=O) groups excluding carboxylic acids is 2. The van der Waals surface area contributed by atoms with E-state index in [-0.39, 0.29) is 16.2 Å². The minimum absolute atomic E-state index is 0.249. The Labute approximate surface area is 170 Å². The number of hydrogen-bond acceptors (Lipinski definition) is 6. The van der Waals surface area contributed by atoms with E-state index < -0.39 is 17.9 Å². The SMILES string of the molecule is COc1cc(C(=O)N[C@@H](C)C(=O)NNC(=S)NC(C)(C)C)cc(OC)c1OC. The molecule has 0 saturated carbocycles. The predicted octanol–water partition coefficient (Wildman–Crippen LogP) is 1.12. The zero-order chi connectivity index (χ0) is 21.5. The smallest absolute Gasteiger partial charge is 0.260 e. The summed E-state index contributed by atoms with van der Waals surface area (Å²) in [6, 6.07) is 2.18. The summed E-state index contributed by atoms with van der Waals surface area (Å²) in [5.41, 5.74) is 5.05. The number of amides is 2. The maximum Gasteiger partial charge on any atom is 0.260 e. The van der Waals surface area contributed by atoms with E-state index in [1.807, 2.05) is 20.8 Å². The molecule has 1 rings (SSSR count). The van der Waals surface area contributed by atoms with Crippen molar-refractivity contribution < 1.29 is 23.8 Å². The summed E-state index contributed by atoms with van der Waals surface area (Å²) in [7, 11) is 4.38. The maximum atomic E-state index is 12.5. The van der Waals surface area contributed by atoms with Crippen LogP contribution in [-0.2, 0) is 4.79 Å². The highest BCUT2D eigenvalue weighted by Crippen LogP contribution is 2.38. The molecule has 1 atom stereocenters. The summed E-state index contributed by atoms with van der Waals surface area (Å²) >= 11 is 5.09. The molecular formula is C18H28N4O5S. The van der Waals surface area contributed by atoms with Crippen LogP contribution >= 0.6 is 12.2 Å². The molecule has 0 radical (unpaired) electrons. The Morgan fingerprint density at radius 2 is 1.54 bits per heavy atom. The van der Waals surface area contributed by atoms with Gasteiger partial charge in [-0.1, -0.05) is 0 Å². The molecule has 0 heterocycles. The number of benzene rings is 1. The zero-order valence-electron chi connectivity index (χ0n) is 17.2. The van der Waals surface area contributed by atoms with Crippen LogP contribution < -0.4 is 35.7 Å². The molecular weight excluding hydrogens is 384 g/mol. The summed E-state index contributed by atoms with van der Waals surface area (Å²) in [5, 5.41) is 5.86. The second kappa shape index (κ2) is 9.98. The Kier molecular flexibility index (Phi) is 8.30. The highest BCUT2D eigenvalue weighted by atomic mass is 32.1. The van der Waals surface area contributed by atoms with E-state index in [1.54, 1.807) is 6.92 Å². The van der Waals surface area contributed by atoms with E-state index >= 15 is 0 Å². The van der Waals surface area contributed by atoms with Gasteiger partial charge < -0.3 is 24.8 Å². The Morgan fingerprint density at radius 3 is 1.96 bits per heavy atom. The first kappa shape index (κ1) is 23.3. The standard InChI is InChI=1S/C18H28N4O5S/c1-10(15(23)21-22-17(28)20-18(2,3)4)19-16(24)11-8-12(25-5)14(27-7)13(9-11)26-6/h8-10H,1-7H3,(H,19,24)(H,21,23)(H2,20,22,28)/t10-/m0/s1. The van der Waals surface area contributed by atoms with Crippen LogP contribution in [0.3, 0.4) is 0 Å². The average Bonchev–Trinajstić information content (AvgIpc) is 2.62. The van der Waals surface area contributed by atoms with Gasteiger partial charge in [0.1, 0.15) is 6.04 Å². The number of hydrogen-bond donors (Lipinski definition) is 4. The number of carbonyl (C=O) groups is 2. The fourth-order valence-electron chi connectivity index (χ4n) is 2.16. The van der Waals surface area contributed by atoms with Crippen LogP contribution in [0.15, 0.2) is 12.1 Å². The lowest BCUT2D eigenvalue weighted by molar-refractivity contribution is -0.123. The van der Waals surface area contributed by atoms with E-state index in [2.05, 4.69) is 21.5 Å².